The molecule has 2 nitrogen and oxygen atoms in total. The van der Waals surface area contributed by atoms with Gasteiger partial charge in [0.25, 0.3) is 0 Å². The monoisotopic (exact) mass is 252 g/mol. The van der Waals surface area contributed by atoms with E-state index in [0.717, 1.165) is 19.1 Å². The van der Waals surface area contributed by atoms with Gasteiger partial charge in [0.05, 0.1) is 0 Å². The number of nitrogens with two attached hydrogens (primary N) is 1. The van der Waals surface area contributed by atoms with Crippen molar-refractivity contribution in [2.75, 3.05) is 6.54 Å². The highest BCUT2D eigenvalue weighted by Gasteiger charge is 2.33. The topological polar surface area (TPSA) is 29.3 Å². The number of hydrogen-bond acceptors (Lipinski definition) is 3. The lowest BCUT2D eigenvalue weighted by atomic mass is 10.1. The van der Waals surface area contributed by atoms with Crippen LogP contribution in [0.3, 0.4) is 0 Å². The van der Waals surface area contributed by atoms with Gasteiger partial charge < -0.3 is 5.73 Å². The van der Waals surface area contributed by atoms with Gasteiger partial charge in [-0.3, -0.25) is 4.90 Å². The Morgan fingerprint density at radius 1 is 1.53 bits per heavy atom. The first-order valence-electron chi connectivity index (χ1n) is 6.83. The maximum atomic E-state index is 5.97. The van der Waals surface area contributed by atoms with Gasteiger partial charge in [0.1, 0.15) is 0 Å². The molecular weight excluding hydrogens is 228 g/mol. The van der Waals surface area contributed by atoms with Crippen LogP contribution in [0.4, 0.5) is 0 Å². The van der Waals surface area contributed by atoms with Crippen molar-refractivity contribution in [3.8, 4) is 0 Å². The molecular formula is C14H24N2S. The van der Waals surface area contributed by atoms with Gasteiger partial charge in [-0.25, -0.2) is 0 Å². The van der Waals surface area contributed by atoms with Crippen LogP contribution in [0.15, 0.2) is 17.5 Å². The molecule has 0 spiro atoms. The summed E-state index contributed by atoms with van der Waals surface area (Å²) in [7, 11) is 0. The van der Waals surface area contributed by atoms with Gasteiger partial charge in [0.2, 0.25) is 0 Å². The van der Waals surface area contributed by atoms with E-state index in [1.165, 1.54) is 37.0 Å². The average Bonchev–Trinajstić information content (AvgIpc) is 3.06. The highest BCUT2D eigenvalue weighted by molar-refractivity contribution is 7.09. The first-order chi connectivity index (χ1) is 8.35. The van der Waals surface area contributed by atoms with Crippen molar-refractivity contribution >= 4 is 11.3 Å². The van der Waals surface area contributed by atoms with E-state index < -0.39 is 0 Å². The minimum absolute atomic E-state index is 0.588. The summed E-state index contributed by atoms with van der Waals surface area (Å²) in [5.41, 5.74) is 5.97. The van der Waals surface area contributed by atoms with Gasteiger partial charge in [-0.1, -0.05) is 25.8 Å². The quantitative estimate of drug-likeness (QED) is 0.769. The molecule has 17 heavy (non-hydrogen) atoms. The fraction of sp³-hybridized carbons (Fsp3) is 0.714. The second-order valence-corrected chi connectivity index (χ2v) is 6.05. The van der Waals surface area contributed by atoms with Gasteiger partial charge in [-0.2, -0.15) is 0 Å². The molecule has 0 bridgehead atoms. The molecule has 0 amide bonds. The smallest absolute Gasteiger partial charge is 0.0334 e. The van der Waals surface area contributed by atoms with Crippen LogP contribution in [0, 0.1) is 0 Å². The van der Waals surface area contributed by atoms with Crippen molar-refractivity contribution < 1.29 is 0 Å². The summed E-state index contributed by atoms with van der Waals surface area (Å²) in [6.45, 7) is 4.17. The second kappa shape index (κ2) is 6.53. The SMILES string of the molecule is CCCCC(CN)N(Cc1cccs1)C1CC1. The second-order valence-electron chi connectivity index (χ2n) is 5.01. The summed E-state index contributed by atoms with van der Waals surface area (Å²) in [6, 6.07) is 5.79. The van der Waals surface area contributed by atoms with E-state index in [2.05, 4.69) is 29.3 Å². The molecule has 1 aromatic rings. The van der Waals surface area contributed by atoms with Gasteiger partial charge >= 0.3 is 0 Å². The molecule has 1 aromatic heterocycles. The molecule has 0 saturated heterocycles. The van der Waals surface area contributed by atoms with Crippen LogP contribution in [0.2, 0.25) is 0 Å². The summed E-state index contributed by atoms with van der Waals surface area (Å²) < 4.78 is 0. The summed E-state index contributed by atoms with van der Waals surface area (Å²) in [6.07, 6.45) is 6.57. The number of unbranched alkanes of at least 4 members (excludes halogenated alkanes) is 1. The maximum Gasteiger partial charge on any atom is 0.0334 e. The van der Waals surface area contributed by atoms with Crippen LogP contribution < -0.4 is 5.73 Å². The third-order valence-corrected chi connectivity index (χ3v) is 4.43. The van der Waals surface area contributed by atoms with E-state index in [9.17, 15) is 0 Å². The summed E-state index contributed by atoms with van der Waals surface area (Å²) in [5, 5.41) is 2.17. The molecule has 2 N–H and O–H groups in total. The molecule has 1 saturated carbocycles. The van der Waals surface area contributed by atoms with E-state index in [1.54, 1.807) is 0 Å². The molecule has 1 aliphatic carbocycles. The van der Waals surface area contributed by atoms with Gasteiger partial charge in [0, 0.05) is 30.1 Å². The lowest BCUT2D eigenvalue weighted by molar-refractivity contribution is 0.171. The molecule has 2 rings (SSSR count). The normalized spacial score (nSPS) is 17.6. The summed E-state index contributed by atoms with van der Waals surface area (Å²) in [5.74, 6) is 0. The van der Waals surface area contributed by atoms with Gasteiger partial charge in [-0.05, 0) is 30.7 Å². The van der Waals surface area contributed by atoms with E-state index in [-0.39, 0.29) is 0 Å². The summed E-state index contributed by atoms with van der Waals surface area (Å²) >= 11 is 1.87. The molecule has 3 heteroatoms. The van der Waals surface area contributed by atoms with E-state index in [1.807, 2.05) is 11.3 Å². The predicted molar refractivity (Wildman–Crippen MR) is 75.3 cm³/mol. The minimum Gasteiger partial charge on any atom is -0.329 e. The van der Waals surface area contributed by atoms with Crippen LogP contribution in [0.25, 0.3) is 0 Å². The van der Waals surface area contributed by atoms with Crippen LogP contribution in [0.5, 0.6) is 0 Å². The van der Waals surface area contributed by atoms with E-state index in [0.29, 0.717) is 6.04 Å². The van der Waals surface area contributed by atoms with Crippen LogP contribution in [0.1, 0.15) is 43.9 Å². The Labute approximate surface area is 109 Å². The molecule has 0 aliphatic heterocycles. The zero-order valence-electron chi connectivity index (χ0n) is 10.8. The minimum atomic E-state index is 0.588. The highest BCUT2D eigenvalue weighted by atomic mass is 32.1. The van der Waals surface area contributed by atoms with Crippen LogP contribution in [-0.4, -0.2) is 23.5 Å². The Hall–Kier alpha value is -0.380. The average molecular weight is 252 g/mol. The highest BCUT2D eigenvalue weighted by Crippen LogP contribution is 2.32. The lowest BCUT2D eigenvalue weighted by Crippen LogP contribution is -2.41. The van der Waals surface area contributed by atoms with Gasteiger partial charge in [0.15, 0.2) is 0 Å². The van der Waals surface area contributed by atoms with Crippen molar-refractivity contribution in [2.45, 2.75) is 57.7 Å². The van der Waals surface area contributed by atoms with Crippen molar-refractivity contribution in [1.82, 2.24) is 4.90 Å². The summed E-state index contributed by atoms with van der Waals surface area (Å²) in [4.78, 5) is 4.13. The molecule has 1 fully saturated rings. The van der Waals surface area contributed by atoms with Crippen LogP contribution in [-0.2, 0) is 6.54 Å². The van der Waals surface area contributed by atoms with Crippen molar-refractivity contribution in [2.24, 2.45) is 5.73 Å². The Morgan fingerprint density at radius 3 is 2.88 bits per heavy atom. The standard InChI is InChI=1S/C14H24N2S/c1-2-3-5-13(10-15)16(12-7-8-12)11-14-6-4-9-17-14/h4,6,9,12-13H,2-3,5,7-8,10-11,15H2,1H3. The Kier molecular flexibility index (Phi) is 5.01. The Balaban J connectivity index is 1.94. The largest absolute Gasteiger partial charge is 0.329 e. The first kappa shape index (κ1) is 13.1. The first-order valence-corrected chi connectivity index (χ1v) is 7.71. The van der Waals surface area contributed by atoms with Gasteiger partial charge in [-0.15, -0.1) is 11.3 Å². The molecule has 0 aromatic carbocycles. The van der Waals surface area contributed by atoms with E-state index in [4.69, 9.17) is 5.73 Å². The molecule has 0 radical (unpaired) electrons. The number of nitrogens with zero attached hydrogens (tertiary/aromatic N) is 1. The third-order valence-electron chi connectivity index (χ3n) is 3.57. The fourth-order valence-electron chi connectivity index (χ4n) is 2.40. The van der Waals surface area contributed by atoms with Crippen LogP contribution >= 0.6 is 11.3 Å². The number of hydrogen-bond donors (Lipinski definition) is 1. The molecule has 1 atom stereocenters. The Bertz CT molecular complexity index is 306. The zero-order chi connectivity index (χ0) is 12.1. The predicted octanol–water partition coefficient (Wildman–Crippen LogP) is 3.23. The fourth-order valence-corrected chi connectivity index (χ4v) is 3.12. The zero-order valence-corrected chi connectivity index (χ0v) is 11.6. The number of rotatable bonds is 8. The number of thiophene rings is 1. The van der Waals surface area contributed by atoms with E-state index >= 15 is 0 Å². The molecule has 1 heterocycles. The molecule has 96 valence electrons. The maximum absolute atomic E-state index is 5.97. The lowest BCUT2D eigenvalue weighted by Gasteiger charge is -2.30. The van der Waals surface area contributed by atoms with Crippen molar-refractivity contribution in [1.29, 1.82) is 0 Å². The third kappa shape index (κ3) is 3.80. The van der Waals surface area contributed by atoms with Crippen molar-refractivity contribution in [3.63, 3.8) is 0 Å². The molecule has 1 unspecified atom stereocenters. The Morgan fingerprint density at radius 2 is 2.35 bits per heavy atom. The van der Waals surface area contributed by atoms with Crippen molar-refractivity contribution in [3.05, 3.63) is 22.4 Å². The molecule has 1 aliphatic rings.